The Morgan fingerprint density at radius 3 is 2.57 bits per heavy atom. The number of nitrogens with two attached hydrogens (primary N) is 1. The predicted molar refractivity (Wildman–Crippen MR) is 163 cm³/mol. The number of nitrogen functional groups attached to an aromatic ring is 1. The van der Waals surface area contributed by atoms with Crippen LogP contribution >= 0.6 is 11.6 Å². The number of nitrogens with one attached hydrogen (secondary N) is 1. The minimum absolute atomic E-state index is 0.0788. The minimum atomic E-state index is -0.347. The number of nitrogens with zero attached hydrogens (tertiary/aromatic N) is 4. The summed E-state index contributed by atoms with van der Waals surface area (Å²) in [4.78, 5) is 25.3. The highest BCUT2D eigenvalue weighted by Crippen LogP contribution is 2.29. The summed E-state index contributed by atoms with van der Waals surface area (Å²) >= 11 is 6.51. The number of aryl methyl sites for hydroxylation is 1. The van der Waals surface area contributed by atoms with Crippen LogP contribution in [0.4, 0.5) is 5.95 Å². The van der Waals surface area contributed by atoms with E-state index < -0.39 is 0 Å². The fourth-order valence-corrected chi connectivity index (χ4v) is 4.85. The van der Waals surface area contributed by atoms with Crippen LogP contribution in [0.1, 0.15) is 33.5 Å². The summed E-state index contributed by atoms with van der Waals surface area (Å²) in [6.07, 6.45) is 3.68. The summed E-state index contributed by atoms with van der Waals surface area (Å²) < 4.78 is 12.8. The molecule has 0 aliphatic carbocycles. The number of para-hydroxylation sites is 1. The molecule has 0 saturated heterocycles. The van der Waals surface area contributed by atoms with Crippen LogP contribution in [-0.2, 0) is 17.9 Å². The van der Waals surface area contributed by atoms with E-state index in [1.54, 1.807) is 25.4 Å². The average Bonchev–Trinajstić information content (AvgIpc) is 3.32. The van der Waals surface area contributed by atoms with E-state index in [-0.39, 0.29) is 23.6 Å². The van der Waals surface area contributed by atoms with Crippen LogP contribution < -0.4 is 20.5 Å². The lowest BCUT2D eigenvalue weighted by Crippen LogP contribution is -2.26. The summed E-state index contributed by atoms with van der Waals surface area (Å²) in [7, 11) is 1.65. The molecule has 10 heteroatoms. The van der Waals surface area contributed by atoms with E-state index in [2.05, 4.69) is 32.1 Å². The van der Waals surface area contributed by atoms with E-state index in [4.69, 9.17) is 26.8 Å². The van der Waals surface area contributed by atoms with Crippen molar-refractivity contribution < 1.29 is 14.3 Å². The molecule has 0 atom stereocenters. The van der Waals surface area contributed by atoms with Gasteiger partial charge in [-0.05, 0) is 43.7 Å². The van der Waals surface area contributed by atoms with Crippen molar-refractivity contribution >= 4 is 34.6 Å². The number of ether oxygens (including phenoxy) is 2. The van der Waals surface area contributed by atoms with Crippen molar-refractivity contribution in [3.05, 3.63) is 106 Å². The SMILES string of the molecule is COc1c(C)cnc(Cn2cc(C#Cc3ccc(CNCC(=O)Oc4ccccc4)cc3)c3c(Cl)nc(N)nc32)c1C. The van der Waals surface area contributed by atoms with Crippen molar-refractivity contribution in [2.45, 2.75) is 26.9 Å². The van der Waals surface area contributed by atoms with Crippen molar-refractivity contribution in [1.82, 2.24) is 24.8 Å². The molecule has 0 bridgehead atoms. The molecule has 3 heterocycles. The van der Waals surface area contributed by atoms with Crippen LogP contribution in [0.15, 0.2) is 67.0 Å². The zero-order valence-electron chi connectivity index (χ0n) is 23.4. The number of carbonyl (C=O) groups excluding carboxylic acids is 1. The van der Waals surface area contributed by atoms with Crippen molar-refractivity contribution in [1.29, 1.82) is 0 Å². The summed E-state index contributed by atoms with van der Waals surface area (Å²) in [5.74, 6) is 7.47. The summed E-state index contributed by atoms with van der Waals surface area (Å²) in [5, 5.41) is 3.96. The number of fused-ring (bicyclic) bond motifs is 1. The molecule has 5 aromatic rings. The Labute approximate surface area is 248 Å². The van der Waals surface area contributed by atoms with Crippen LogP contribution in [0.5, 0.6) is 11.5 Å². The largest absolute Gasteiger partial charge is 0.496 e. The molecular weight excluding hydrogens is 552 g/mol. The molecule has 3 aromatic heterocycles. The van der Waals surface area contributed by atoms with Crippen LogP contribution in [-0.4, -0.2) is 39.1 Å². The molecule has 0 fully saturated rings. The molecule has 0 saturated carbocycles. The first-order chi connectivity index (χ1) is 20.3. The summed E-state index contributed by atoms with van der Waals surface area (Å²) in [6.45, 7) is 4.97. The number of carbonyl (C=O) groups is 1. The van der Waals surface area contributed by atoms with Gasteiger partial charge in [0, 0.05) is 35.6 Å². The van der Waals surface area contributed by atoms with Gasteiger partial charge in [-0.15, -0.1) is 0 Å². The molecule has 0 amide bonds. The van der Waals surface area contributed by atoms with E-state index in [1.165, 1.54) is 0 Å². The zero-order valence-corrected chi connectivity index (χ0v) is 24.2. The van der Waals surface area contributed by atoms with Gasteiger partial charge in [0.1, 0.15) is 22.3 Å². The minimum Gasteiger partial charge on any atom is -0.496 e. The van der Waals surface area contributed by atoms with Gasteiger partial charge in [0.2, 0.25) is 5.95 Å². The maximum atomic E-state index is 12.0. The molecular formula is C32H29ClN6O3. The summed E-state index contributed by atoms with van der Waals surface area (Å²) in [6, 6.07) is 16.7. The standard InChI is InChI=1S/C32H29ClN6O3/c1-20-15-36-26(21(2)29(20)41-3)19-39-18-24(28-30(33)37-32(34)38-31(28)39)14-13-22-9-11-23(12-10-22)16-35-17-27(40)42-25-7-5-4-6-8-25/h4-12,15,18,35H,16-17,19H2,1-3H3,(H2,34,37,38). The third kappa shape index (κ3) is 6.52. The Morgan fingerprint density at radius 1 is 1.07 bits per heavy atom. The molecule has 0 radical (unpaired) electrons. The van der Waals surface area contributed by atoms with Gasteiger partial charge in [0.15, 0.2) is 0 Å². The molecule has 42 heavy (non-hydrogen) atoms. The lowest BCUT2D eigenvalue weighted by atomic mass is 10.1. The normalized spacial score (nSPS) is 10.8. The Kier molecular flexibility index (Phi) is 8.67. The number of pyridine rings is 1. The maximum absolute atomic E-state index is 12.0. The van der Waals surface area contributed by atoms with Gasteiger partial charge in [-0.25, -0.2) is 4.98 Å². The average molecular weight is 581 g/mol. The third-order valence-corrected chi connectivity index (χ3v) is 6.90. The van der Waals surface area contributed by atoms with Crippen molar-refractivity contribution in [3.63, 3.8) is 0 Å². The Morgan fingerprint density at radius 2 is 1.83 bits per heavy atom. The van der Waals surface area contributed by atoms with Crippen LogP contribution in [0.3, 0.4) is 0 Å². The number of rotatable bonds is 8. The van der Waals surface area contributed by atoms with Gasteiger partial charge in [-0.2, -0.15) is 4.98 Å². The molecule has 3 N–H and O–H groups in total. The van der Waals surface area contributed by atoms with Crippen molar-refractivity contribution in [3.8, 4) is 23.3 Å². The van der Waals surface area contributed by atoms with Gasteiger partial charge in [0.05, 0.1) is 36.8 Å². The second-order valence-electron chi connectivity index (χ2n) is 9.63. The van der Waals surface area contributed by atoms with Gasteiger partial charge < -0.3 is 25.1 Å². The van der Waals surface area contributed by atoms with E-state index in [9.17, 15) is 4.79 Å². The molecule has 0 aliphatic rings. The highest BCUT2D eigenvalue weighted by molar-refractivity contribution is 6.34. The molecule has 5 rings (SSSR count). The Hall–Kier alpha value is -4.91. The first-order valence-electron chi connectivity index (χ1n) is 13.2. The Bertz CT molecular complexity index is 1810. The van der Waals surface area contributed by atoms with Gasteiger partial charge in [-0.1, -0.05) is 53.8 Å². The monoisotopic (exact) mass is 580 g/mol. The lowest BCUT2D eigenvalue weighted by Gasteiger charge is -2.13. The summed E-state index contributed by atoms with van der Waals surface area (Å²) in [5.41, 5.74) is 11.7. The second-order valence-corrected chi connectivity index (χ2v) is 9.98. The molecule has 9 nitrogen and oxygen atoms in total. The van der Waals surface area contributed by atoms with Crippen LogP contribution in [0.2, 0.25) is 5.15 Å². The number of aromatic nitrogens is 4. The topological polar surface area (TPSA) is 117 Å². The van der Waals surface area contributed by atoms with E-state index >= 15 is 0 Å². The number of hydrogen-bond donors (Lipinski definition) is 2. The van der Waals surface area contributed by atoms with Gasteiger partial charge in [-0.3, -0.25) is 9.78 Å². The number of halogens is 1. The number of hydrogen-bond acceptors (Lipinski definition) is 8. The smallest absolute Gasteiger partial charge is 0.325 e. The Balaban J connectivity index is 1.31. The quantitative estimate of drug-likeness (QED) is 0.116. The molecule has 212 valence electrons. The molecule has 0 spiro atoms. The van der Waals surface area contributed by atoms with E-state index in [0.29, 0.717) is 35.4 Å². The molecule has 0 aliphatic heterocycles. The zero-order chi connectivity index (χ0) is 29.6. The van der Waals surface area contributed by atoms with Gasteiger partial charge in [0.25, 0.3) is 0 Å². The molecule has 0 unspecified atom stereocenters. The number of methoxy groups -OCH3 is 1. The maximum Gasteiger partial charge on any atom is 0.325 e. The van der Waals surface area contributed by atoms with Crippen molar-refractivity contribution in [2.24, 2.45) is 0 Å². The predicted octanol–water partition coefficient (Wildman–Crippen LogP) is 4.83. The highest BCUT2D eigenvalue weighted by atomic mass is 35.5. The van der Waals surface area contributed by atoms with Gasteiger partial charge >= 0.3 is 5.97 Å². The highest BCUT2D eigenvalue weighted by Gasteiger charge is 2.17. The number of benzene rings is 2. The fourth-order valence-electron chi connectivity index (χ4n) is 4.58. The number of esters is 1. The van der Waals surface area contributed by atoms with E-state index in [0.717, 1.165) is 33.7 Å². The van der Waals surface area contributed by atoms with E-state index in [1.807, 2.05) is 67.1 Å². The second kappa shape index (κ2) is 12.7. The first kappa shape index (κ1) is 28.6. The molecule has 2 aromatic carbocycles. The van der Waals surface area contributed by atoms with Crippen LogP contribution in [0.25, 0.3) is 11.0 Å². The fraction of sp³-hybridized carbons (Fsp3) is 0.188. The number of anilines is 1. The van der Waals surface area contributed by atoms with Crippen molar-refractivity contribution in [2.75, 3.05) is 19.4 Å². The first-order valence-corrected chi connectivity index (χ1v) is 13.6. The third-order valence-electron chi connectivity index (χ3n) is 6.63. The van der Waals surface area contributed by atoms with Crippen LogP contribution in [0, 0.1) is 25.7 Å². The lowest BCUT2D eigenvalue weighted by molar-refractivity contribution is -0.133.